The average molecular weight is 380 g/mol. The Hall–Kier alpha value is -3.86. The number of pyridine rings is 1. The average Bonchev–Trinajstić information content (AvgIpc) is 2.77. The summed E-state index contributed by atoms with van der Waals surface area (Å²) in [6, 6.07) is 20.9. The summed E-state index contributed by atoms with van der Waals surface area (Å²) in [5.74, 6) is -0.125. The molecule has 4 aromatic rings. The maximum absolute atomic E-state index is 12.5. The summed E-state index contributed by atoms with van der Waals surface area (Å²) < 4.78 is 0. The van der Waals surface area contributed by atoms with E-state index in [0.29, 0.717) is 12.0 Å². The smallest absolute Gasteiger partial charge is 0.255 e. The quantitative estimate of drug-likeness (QED) is 0.545. The van der Waals surface area contributed by atoms with Gasteiger partial charge in [-0.15, -0.1) is 0 Å². The Bertz CT molecular complexity index is 1130. The van der Waals surface area contributed by atoms with Crippen LogP contribution in [0.5, 0.6) is 0 Å². The van der Waals surface area contributed by atoms with E-state index in [1.165, 1.54) is 6.33 Å². The van der Waals surface area contributed by atoms with Gasteiger partial charge in [0.25, 0.3) is 5.91 Å². The lowest BCUT2D eigenvalue weighted by atomic mass is 9.99. The molecule has 5 nitrogen and oxygen atoms in total. The van der Waals surface area contributed by atoms with Crippen molar-refractivity contribution in [3.8, 4) is 11.3 Å². The van der Waals surface area contributed by atoms with Gasteiger partial charge in [0, 0.05) is 35.6 Å². The molecule has 0 atom stereocenters. The highest BCUT2D eigenvalue weighted by atomic mass is 16.1. The third kappa shape index (κ3) is 4.35. The van der Waals surface area contributed by atoms with E-state index < -0.39 is 0 Å². The van der Waals surface area contributed by atoms with E-state index in [1.54, 1.807) is 24.5 Å². The van der Waals surface area contributed by atoms with Crippen LogP contribution in [0.3, 0.4) is 0 Å². The van der Waals surface area contributed by atoms with E-state index in [2.05, 4.69) is 27.2 Å². The normalized spacial score (nSPS) is 10.5. The predicted octanol–water partition coefficient (Wildman–Crippen LogP) is 4.69. The van der Waals surface area contributed by atoms with Crippen LogP contribution in [0.25, 0.3) is 11.3 Å². The van der Waals surface area contributed by atoms with Gasteiger partial charge < -0.3 is 5.32 Å². The lowest BCUT2D eigenvalue weighted by molar-refractivity contribution is 0.102. The minimum Gasteiger partial charge on any atom is -0.322 e. The van der Waals surface area contributed by atoms with Crippen LogP contribution in [0.1, 0.15) is 27.2 Å². The molecule has 0 unspecified atom stereocenters. The maximum Gasteiger partial charge on any atom is 0.255 e. The van der Waals surface area contributed by atoms with Gasteiger partial charge in [0.05, 0.1) is 11.4 Å². The van der Waals surface area contributed by atoms with Crippen molar-refractivity contribution in [2.24, 2.45) is 0 Å². The second kappa shape index (κ2) is 8.44. The third-order valence-electron chi connectivity index (χ3n) is 4.75. The molecule has 0 aliphatic heterocycles. The number of hydrogen-bond acceptors (Lipinski definition) is 4. The van der Waals surface area contributed by atoms with Crippen molar-refractivity contribution in [2.75, 3.05) is 5.32 Å². The lowest BCUT2D eigenvalue weighted by Crippen LogP contribution is -2.12. The monoisotopic (exact) mass is 380 g/mol. The van der Waals surface area contributed by atoms with Crippen LogP contribution in [-0.4, -0.2) is 20.9 Å². The second-order valence-corrected chi connectivity index (χ2v) is 6.73. The zero-order valence-electron chi connectivity index (χ0n) is 16.0. The van der Waals surface area contributed by atoms with Crippen LogP contribution >= 0.6 is 0 Å². The SMILES string of the molecule is Cc1ccc(NC(=O)c2ccccc2)cc1Cc1ncccc1-c1ccncn1. The molecule has 0 aliphatic rings. The van der Waals surface area contributed by atoms with Gasteiger partial charge in [-0.1, -0.05) is 24.3 Å². The zero-order chi connectivity index (χ0) is 20.1. The summed E-state index contributed by atoms with van der Waals surface area (Å²) in [5.41, 5.74) is 6.39. The Labute approximate surface area is 169 Å². The minimum absolute atomic E-state index is 0.125. The molecule has 0 radical (unpaired) electrons. The molecule has 29 heavy (non-hydrogen) atoms. The van der Waals surface area contributed by atoms with Crippen LogP contribution in [-0.2, 0) is 6.42 Å². The summed E-state index contributed by atoms with van der Waals surface area (Å²) in [7, 11) is 0. The van der Waals surface area contributed by atoms with Gasteiger partial charge in [0.1, 0.15) is 6.33 Å². The number of aryl methyl sites for hydroxylation is 1. The van der Waals surface area contributed by atoms with Crippen molar-refractivity contribution >= 4 is 11.6 Å². The van der Waals surface area contributed by atoms with Gasteiger partial charge in [0.2, 0.25) is 0 Å². The molecule has 0 aliphatic carbocycles. The fraction of sp³-hybridized carbons (Fsp3) is 0.0833. The molecular formula is C24H20N4O. The van der Waals surface area contributed by atoms with Crippen LogP contribution in [0.15, 0.2) is 85.5 Å². The van der Waals surface area contributed by atoms with Gasteiger partial charge in [-0.2, -0.15) is 0 Å². The third-order valence-corrected chi connectivity index (χ3v) is 4.75. The first kappa shape index (κ1) is 18.5. The predicted molar refractivity (Wildman–Crippen MR) is 114 cm³/mol. The van der Waals surface area contributed by atoms with Crippen LogP contribution < -0.4 is 5.32 Å². The van der Waals surface area contributed by atoms with Crippen molar-refractivity contribution in [1.82, 2.24) is 15.0 Å². The number of benzene rings is 2. The minimum atomic E-state index is -0.125. The zero-order valence-corrected chi connectivity index (χ0v) is 16.0. The van der Waals surface area contributed by atoms with E-state index in [9.17, 15) is 4.79 Å². The summed E-state index contributed by atoms with van der Waals surface area (Å²) in [4.78, 5) is 25.4. The molecule has 0 fully saturated rings. The number of carbonyl (C=O) groups is 1. The largest absolute Gasteiger partial charge is 0.322 e. The van der Waals surface area contributed by atoms with Crippen molar-refractivity contribution in [3.63, 3.8) is 0 Å². The molecule has 142 valence electrons. The number of aromatic nitrogens is 3. The molecule has 1 N–H and O–H groups in total. The number of rotatable bonds is 5. The number of nitrogens with one attached hydrogen (secondary N) is 1. The molecule has 0 bridgehead atoms. The fourth-order valence-corrected chi connectivity index (χ4v) is 3.17. The van der Waals surface area contributed by atoms with E-state index in [0.717, 1.165) is 33.8 Å². The van der Waals surface area contributed by atoms with Crippen molar-refractivity contribution < 1.29 is 4.79 Å². The number of amides is 1. The highest BCUT2D eigenvalue weighted by Gasteiger charge is 2.11. The van der Waals surface area contributed by atoms with Crippen molar-refractivity contribution in [2.45, 2.75) is 13.3 Å². The van der Waals surface area contributed by atoms with E-state index in [-0.39, 0.29) is 5.91 Å². The molecule has 2 aromatic carbocycles. The first-order valence-corrected chi connectivity index (χ1v) is 9.37. The van der Waals surface area contributed by atoms with Gasteiger partial charge in [0.15, 0.2) is 0 Å². The van der Waals surface area contributed by atoms with Gasteiger partial charge >= 0.3 is 0 Å². The summed E-state index contributed by atoms with van der Waals surface area (Å²) in [5, 5.41) is 2.98. The van der Waals surface area contributed by atoms with Gasteiger partial charge in [-0.05, 0) is 60.5 Å². The summed E-state index contributed by atoms with van der Waals surface area (Å²) in [6.07, 6.45) is 5.69. The summed E-state index contributed by atoms with van der Waals surface area (Å²) >= 11 is 0. The Morgan fingerprint density at radius 1 is 0.931 bits per heavy atom. The fourth-order valence-electron chi connectivity index (χ4n) is 3.17. The molecule has 2 aromatic heterocycles. The first-order valence-electron chi connectivity index (χ1n) is 9.37. The topological polar surface area (TPSA) is 67.8 Å². The number of carbonyl (C=O) groups excluding carboxylic acids is 1. The highest BCUT2D eigenvalue weighted by Crippen LogP contribution is 2.24. The Kier molecular flexibility index (Phi) is 5.38. The molecular weight excluding hydrogens is 360 g/mol. The molecule has 4 rings (SSSR count). The molecule has 1 amide bonds. The second-order valence-electron chi connectivity index (χ2n) is 6.73. The maximum atomic E-state index is 12.5. The molecule has 2 heterocycles. The Morgan fingerprint density at radius 2 is 1.79 bits per heavy atom. The van der Waals surface area contributed by atoms with Crippen LogP contribution in [0.2, 0.25) is 0 Å². The molecule has 0 spiro atoms. The highest BCUT2D eigenvalue weighted by molar-refractivity contribution is 6.04. The number of hydrogen-bond donors (Lipinski definition) is 1. The van der Waals surface area contributed by atoms with Gasteiger partial charge in [-0.25, -0.2) is 9.97 Å². The van der Waals surface area contributed by atoms with E-state index >= 15 is 0 Å². The van der Waals surface area contributed by atoms with Crippen molar-refractivity contribution in [3.05, 3.63) is 108 Å². The summed E-state index contributed by atoms with van der Waals surface area (Å²) in [6.45, 7) is 2.06. The Balaban J connectivity index is 1.61. The molecule has 5 heteroatoms. The van der Waals surface area contributed by atoms with E-state index in [1.807, 2.05) is 54.6 Å². The van der Waals surface area contributed by atoms with Crippen LogP contribution in [0, 0.1) is 6.92 Å². The van der Waals surface area contributed by atoms with Gasteiger partial charge in [-0.3, -0.25) is 9.78 Å². The first-order chi connectivity index (χ1) is 14.2. The Morgan fingerprint density at radius 3 is 2.59 bits per heavy atom. The van der Waals surface area contributed by atoms with E-state index in [4.69, 9.17) is 0 Å². The van der Waals surface area contributed by atoms with Crippen LogP contribution in [0.4, 0.5) is 5.69 Å². The number of anilines is 1. The lowest BCUT2D eigenvalue weighted by Gasteiger charge is -2.12. The standard InChI is InChI=1S/C24H20N4O/c1-17-9-10-20(28-24(29)18-6-3-2-4-7-18)14-19(17)15-23-21(8-5-12-26-23)22-11-13-25-16-27-22/h2-14,16H,15H2,1H3,(H,28,29). The molecule has 0 saturated carbocycles. The van der Waals surface area contributed by atoms with Crippen molar-refractivity contribution in [1.29, 1.82) is 0 Å². The molecule has 0 saturated heterocycles. The number of nitrogens with zero attached hydrogens (tertiary/aromatic N) is 3.